The molecule has 3 rings (SSSR count). The number of carbonyl (C=O) groups excluding carboxylic acids is 3. The zero-order valence-corrected chi connectivity index (χ0v) is 14.9. The first-order valence-electron chi connectivity index (χ1n) is 7.14. The molecule has 0 aromatic heterocycles. The van der Waals surface area contributed by atoms with Crippen molar-refractivity contribution in [3.63, 3.8) is 0 Å². The van der Waals surface area contributed by atoms with Crippen LogP contribution in [0.5, 0.6) is 0 Å². The number of halogens is 1. The van der Waals surface area contributed by atoms with Gasteiger partial charge in [-0.2, -0.15) is 0 Å². The Balaban J connectivity index is 1.79. The summed E-state index contributed by atoms with van der Waals surface area (Å²) in [6.07, 6.45) is -0.682. The summed E-state index contributed by atoms with van der Waals surface area (Å²) >= 11 is 1.66. The van der Waals surface area contributed by atoms with Gasteiger partial charge in [-0.25, -0.2) is 7.91 Å². The first kappa shape index (κ1) is 16.4. The van der Waals surface area contributed by atoms with E-state index in [-0.39, 0.29) is 29.3 Å². The van der Waals surface area contributed by atoms with Gasteiger partial charge in [0.25, 0.3) is 11.8 Å². The van der Waals surface area contributed by atoms with E-state index in [4.69, 9.17) is 4.74 Å². The van der Waals surface area contributed by atoms with E-state index >= 15 is 0 Å². The highest BCUT2D eigenvalue weighted by atomic mass is 127. The molecule has 122 valence electrons. The average molecular weight is 436 g/mol. The maximum absolute atomic E-state index is 12.2. The van der Waals surface area contributed by atoms with Crippen LogP contribution < -0.4 is 5.32 Å². The minimum atomic E-state index is -0.682. The number of hydrogen-bond acceptors (Lipinski definition) is 4. The average Bonchev–Trinajstić information content (AvgIpc) is 2.78. The molecule has 3 amide bonds. The van der Waals surface area contributed by atoms with Crippen molar-refractivity contribution >= 4 is 46.5 Å². The molecule has 0 bridgehead atoms. The van der Waals surface area contributed by atoms with Gasteiger partial charge < -0.3 is 4.74 Å². The predicted octanol–water partition coefficient (Wildman–Crippen LogP) is 3.69. The molecule has 1 aliphatic heterocycles. The van der Waals surface area contributed by atoms with Crippen LogP contribution in [0.4, 0.5) is 10.5 Å². The smallest absolute Gasteiger partial charge is 0.411 e. The number of carbonyl (C=O) groups is 3. The summed E-state index contributed by atoms with van der Waals surface area (Å²) in [6, 6.07) is 12.5. The maximum atomic E-state index is 12.2. The second-order valence-electron chi connectivity index (χ2n) is 5.31. The van der Waals surface area contributed by atoms with E-state index in [1.807, 2.05) is 30.3 Å². The number of amides is 3. The fourth-order valence-electron chi connectivity index (χ4n) is 2.45. The Morgan fingerprint density at radius 1 is 1.17 bits per heavy atom. The zero-order chi connectivity index (χ0) is 17.3. The highest BCUT2D eigenvalue weighted by Crippen LogP contribution is 2.32. The van der Waals surface area contributed by atoms with Gasteiger partial charge in [0.2, 0.25) is 0 Å². The van der Waals surface area contributed by atoms with Crippen molar-refractivity contribution in [1.82, 2.24) is 3.11 Å². The SMILES string of the molecule is Cc1cc(NC(=O)OCc2ccccc2)c2c(c1)C(=O)N(I)C2=O. The fourth-order valence-corrected chi connectivity index (χ4v) is 2.95. The summed E-state index contributed by atoms with van der Waals surface area (Å²) in [7, 11) is 0. The Labute approximate surface area is 152 Å². The molecule has 0 aliphatic carbocycles. The third-order valence-corrected chi connectivity index (χ3v) is 4.41. The van der Waals surface area contributed by atoms with Crippen LogP contribution in [-0.4, -0.2) is 21.0 Å². The summed E-state index contributed by atoms with van der Waals surface area (Å²) < 4.78 is 6.16. The lowest BCUT2D eigenvalue weighted by atomic mass is 10.0. The minimum absolute atomic E-state index is 0.117. The molecule has 0 atom stereocenters. The number of hydrogen-bond donors (Lipinski definition) is 1. The van der Waals surface area contributed by atoms with Crippen LogP contribution in [0.2, 0.25) is 0 Å². The van der Waals surface area contributed by atoms with Crippen LogP contribution >= 0.6 is 22.9 Å². The molecule has 24 heavy (non-hydrogen) atoms. The molecule has 1 N–H and O–H groups in total. The van der Waals surface area contributed by atoms with Gasteiger partial charge in [-0.1, -0.05) is 30.3 Å². The molecular weight excluding hydrogens is 423 g/mol. The van der Waals surface area contributed by atoms with E-state index in [2.05, 4.69) is 5.32 Å². The highest BCUT2D eigenvalue weighted by molar-refractivity contribution is 14.1. The second kappa shape index (κ2) is 6.60. The standard InChI is InChI=1S/C17H13IN2O4/c1-10-7-12-14(16(22)20(18)15(12)21)13(8-10)19-17(23)24-9-11-5-3-2-4-6-11/h2-8H,9H2,1H3,(H,19,23). The van der Waals surface area contributed by atoms with Crippen LogP contribution in [0.25, 0.3) is 0 Å². The van der Waals surface area contributed by atoms with Crippen molar-refractivity contribution in [2.24, 2.45) is 0 Å². The molecule has 1 heterocycles. The quantitative estimate of drug-likeness (QED) is 0.453. The van der Waals surface area contributed by atoms with Crippen molar-refractivity contribution < 1.29 is 19.1 Å². The molecule has 0 saturated carbocycles. The number of benzene rings is 2. The normalized spacial score (nSPS) is 13.0. The zero-order valence-electron chi connectivity index (χ0n) is 12.7. The highest BCUT2D eigenvalue weighted by Gasteiger charge is 2.37. The van der Waals surface area contributed by atoms with Crippen molar-refractivity contribution in [3.8, 4) is 0 Å². The van der Waals surface area contributed by atoms with Crippen LogP contribution in [-0.2, 0) is 11.3 Å². The van der Waals surface area contributed by atoms with E-state index in [1.165, 1.54) is 0 Å². The summed E-state index contributed by atoms with van der Waals surface area (Å²) in [5, 5.41) is 2.56. The van der Waals surface area contributed by atoms with Crippen molar-refractivity contribution in [2.75, 3.05) is 5.32 Å². The predicted molar refractivity (Wildman–Crippen MR) is 95.9 cm³/mol. The maximum Gasteiger partial charge on any atom is 0.411 e. The van der Waals surface area contributed by atoms with Gasteiger partial charge >= 0.3 is 6.09 Å². The molecule has 7 heteroatoms. The van der Waals surface area contributed by atoms with Gasteiger partial charge in [-0.15, -0.1) is 0 Å². The number of aryl methyl sites for hydroxylation is 1. The van der Waals surface area contributed by atoms with E-state index in [0.29, 0.717) is 0 Å². The molecule has 2 aromatic carbocycles. The van der Waals surface area contributed by atoms with Crippen LogP contribution in [0.1, 0.15) is 31.8 Å². The Morgan fingerprint density at radius 3 is 2.58 bits per heavy atom. The Kier molecular flexibility index (Phi) is 4.52. The van der Waals surface area contributed by atoms with Crippen LogP contribution in [0.15, 0.2) is 42.5 Å². The summed E-state index contributed by atoms with van der Waals surface area (Å²) in [5.74, 6) is -0.839. The third-order valence-electron chi connectivity index (χ3n) is 3.53. The fraction of sp³-hybridized carbons (Fsp3) is 0.118. The number of ether oxygens (including phenoxy) is 1. The van der Waals surface area contributed by atoms with Crippen LogP contribution in [0.3, 0.4) is 0 Å². The number of anilines is 1. The first-order valence-corrected chi connectivity index (χ1v) is 8.11. The second-order valence-corrected chi connectivity index (χ2v) is 6.28. The molecule has 2 aromatic rings. The Morgan fingerprint density at radius 2 is 1.88 bits per heavy atom. The number of fused-ring (bicyclic) bond motifs is 1. The molecular formula is C17H13IN2O4. The lowest BCUT2D eigenvalue weighted by molar-refractivity contribution is 0.0797. The third kappa shape index (κ3) is 3.12. The number of rotatable bonds is 3. The van der Waals surface area contributed by atoms with E-state index in [1.54, 1.807) is 41.9 Å². The Bertz CT molecular complexity index is 836. The van der Waals surface area contributed by atoms with Gasteiger partial charge in [-0.05, 0) is 30.2 Å². The van der Waals surface area contributed by atoms with E-state index < -0.39 is 12.0 Å². The number of nitrogens with one attached hydrogen (secondary N) is 1. The summed E-state index contributed by atoms with van der Waals surface area (Å²) in [6.45, 7) is 1.90. The monoisotopic (exact) mass is 436 g/mol. The molecule has 0 radical (unpaired) electrons. The van der Waals surface area contributed by atoms with Gasteiger partial charge in [-0.3, -0.25) is 14.9 Å². The molecule has 1 aliphatic rings. The molecule has 0 saturated heterocycles. The number of imide groups is 1. The van der Waals surface area contributed by atoms with Crippen molar-refractivity contribution in [1.29, 1.82) is 0 Å². The van der Waals surface area contributed by atoms with Gasteiger partial charge in [0.15, 0.2) is 0 Å². The lowest BCUT2D eigenvalue weighted by Crippen LogP contribution is -2.19. The van der Waals surface area contributed by atoms with E-state index in [0.717, 1.165) is 14.2 Å². The lowest BCUT2D eigenvalue weighted by Gasteiger charge is -2.10. The topological polar surface area (TPSA) is 75.7 Å². The van der Waals surface area contributed by atoms with Crippen molar-refractivity contribution in [3.05, 3.63) is 64.7 Å². The Hall–Kier alpha value is -2.42. The van der Waals surface area contributed by atoms with Crippen molar-refractivity contribution in [2.45, 2.75) is 13.5 Å². The largest absolute Gasteiger partial charge is 0.444 e. The summed E-state index contributed by atoms with van der Waals surface area (Å²) in [5.41, 5.74) is 2.37. The molecule has 0 fully saturated rings. The molecule has 0 unspecified atom stereocenters. The van der Waals surface area contributed by atoms with Crippen LogP contribution in [0, 0.1) is 6.92 Å². The van der Waals surface area contributed by atoms with Gasteiger partial charge in [0.1, 0.15) is 6.61 Å². The summed E-state index contributed by atoms with van der Waals surface area (Å²) in [4.78, 5) is 36.3. The minimum Gasteiger partial charge on any atom is -0.444 e. The number of nitrogens with zero attached hydrogens (tertiary/aromatic N) is 1. The van der Waals surface area contributed by atoms with Gasteiger partial charge in [0, 0.05) is 0 Å². The molecule has 0 spiro atoms. The van der Waals surface area contributed by atoms with Gasteiger partial charge in [0.05, 0.1) is 39.7 Å². The first-order chi connectivity index (χ1) is 11.5. The van der Waals surface area contributed by atoms with E-state index in [9.17, 15) is 14.4 Å². The molecule has 6 nitrogen and oxygen atoms in total.